The van der Waals surface area contributed by atoms with E-state index in [1.54, 1.807) is 35.3 Å². The predicted molar refractivity (Wildman–Crippen MR) is 145 cm³/mol. The number of rotatable bonds is 7. The molecular formula is C26H30FN7O2S. The van der Waals surface area contributed by atoms with Gasteiger partial charge in [0.25, 0.3) is 0 Å². The van der Waals surface area contributed by atoms with Gasteiger partial charge in [-0.2, -0.15) is 9.35 Å². The number of ether oxygens (including phenoxy) is 1. The van der Waals surface area contributed by atoms with E-state index in [2.05, 4.69) is 29.5 Å². The second-order valence-corrected chi connectivity index (χ2v) is 11.7. The summed E-state index contributed by atoms with van der Waals surface area (Å²) in [4.78, 5) is 15.9. The molecule has 37 heavy (non-hydrogen) atoms. The second-order valence-electron chi connectivity index (χ2n) is 9.17. The highest BCUT2D eigenvalue weighted by molar-refractivity contribution is 7.92. The molecule has 4 heterocycles. The molecule has 0 spiro atoms. The molecule has 1 aliphatic rings. The first-order valence-corrected chi connectivity index (χ1v) is 14.6. The van der Waals surface area contributed by atoms with Crippen LogP contribution in [0.25, 0.3) is 16.9 Å². The van der Waals surface area contributed by atoms with Crippen LogP contribution < -0.4 is 10.2 Å². The third kappa shape index (κ3) is 5.57. The molecular weight excluding hydrogens is 493 g/mol. The van der Waals surface area contributed by atoms with E-state index in [1.807, 2.05) is 31.2 Å². The summed E-state index contributed by atoms with van der Waals surface area (Å²) in [6.45, 7) is 5.18. The molecule has 194 valence electrons. The van der Waals surface area contributed by atoms with E-state index in [-0.39, 0.29) is 5.82 Å². The minimum atomic E-state index is -2.40. The molecule has 9 nitrogen and oxygen atoms in total. The molecule has 0 amide bonds. The summed E-state index contributed by atoms with van der Waals surface area (Å²) in [5.74, 6) is 0.767. The summed E-state index contributed by atoms with van der Waals surface area (Å²) < 4.78 is 39.0. The zero-order valence-corrected chi connectivity index (χ0v) is 22.0. The number of halogens is 1. The van der Waals surface area contributed by atoms with Gasteiger partial charge in [-0.15, -0.1) is 0 Å². The minimum absolute atomic E-state index is 0.315. The number of morpholine rings is 1. The maximum Gasteiger partial charge on any atom is 0.229 e. The molecule has 0 saturated carbocycles. The lowest BCUT2D eigenvalue weighted by Crippen LogP contribution is -2.36. The van der Waals surface area contributed by atoms with Crippen molar-refractivity contribution in [2.75, 3.05) is 49.0 Å². The summed E-state index contributed by atoms with van der Waals surface area (Å²) in [6.07, 6.45) is 5.83. The van der Waals surface area contributed by atoms with Crippen molar-refractivity contribution in [1.29, 1.82) is 0 Å². The highest BCUT2D eigenvalue weighted by Gasteiger charge is 2.21. The summed E-state index contributed by atoms with van der Waals surface area (Å²) in [5, 5.41) is 3.55. The molecule has 0 bridgehead atoms. The number of fused-ring (bicyclic) bond motifs is 1. The minimum Gasteiger partial charge on any atom is -0.378 e. The fourth-order valence-corrected chi connectivity index (χ4v) is 4.92. The van der Waals surface area contributed by atoms with Gasteiger partial charge in [0.15, 0.2) is 17.3 Å². The van der Waals surface area contributed by atoms with Gasteiger partial charge in [-0.05, 0) is 42.8 Å². The average Bonchev–Trinajstić information content (AvgIpc) is 3.15. The van der Waals surface area contributed by atoms with E-state index in [4.69, 9.17) is 4.74 Å². The first-order chi connectivity index (χ1) is 17.8. The monoisotopic (exact) mass is 523 g/mol. The van der Waals surface area contributed by atoms with Crippen LogP contribution in [0.3, 0.4) is 0 Å². The molecule has 1 N–H and O–H groups in total. The standard InChI is InChI=1S/C26H30FN7O2S/c1-4-6-21-24(27)20-17-28-26(29-18-9-11-19(12-10-18)33-13-15-36-16-14-33)31-25(20)34(21)23-8-5-7-22(30-23)32-37(2,3)35/h5,7-12,17H,4,6,13-16H2,1-3H3,(H,28,29,31). The number of nitrogens with zero attached hydrogens (tertiary/aromatic N) is 6. The zero-order chi connectivity index (χ0) is 26.0. The largest absolute Gasteiger partial charge is 0.378 e. The number of nitrogens with one attached hydrogen (secondary N) is 1. The molecule has 0 radical (unpaired) electrons. The predicted octanol–water partition coefficient (Wildman–Crippen LogP) is 4.85. The van der Waals surface area contributed by atoms with Crippen LogP contribution >= 0.6 is 0 Å². The molecule has 0 unspecified atom stereocenters. The molecule has 4 aromatic rings. The molecule has 1 aliphatic heterocycles. The Bertz CT molecular complexity index is 1530. The van der Waals surface area contributed by atoms with Crippen LogP contribution in [0.1, 0.15) is 19.0 Å². The van der Waals surface area contributed by atoms with Crippen molar-refractivity contribution in [1.82, 2.24) is 19.5 Å². The third-order valence-corrected chi connectivity index (χ3v) is 6.62. The van der Waals surface area contributed by atoms with Gasteiger partial charge in [0, 0.05) is 52.9 Å². The van der Waals surface area contributed by atoms with Crippen molar-refractivity contribution in [3.8, 4) is 5.82 Å². The lowest BCUT2D eigenvalue weighted by Gasteiger charge is -2.28. The van der Waals surface area contributed by atoms with E-state index in [0.717, 1.165) is 44.1 Å². The molecule has 1 fully saturated rings. The summed E-state index contributed by atoms with van der Waals surface area (Å²) in [5.41, 5.74) is 2.83. The lowest BCUT2D eigenvalue weighted by molar-refractivity contribution is 0.122. The Balaban J connectivity index is 1.52. The molecule has 5 rings (SSSR count). The first-order valence-electron chi connectivity index (χ1n) is 12.2. The van der Waals surface area contributed by atoms with Crippen LogP contribution in [-0.4, -0.2) is 62.5 Å². The molecule has 0 aliphatic carbocycles. The normalized spacial score (nSPS) is 14.2. The van der Waals surface area contributed by atoms with Crippen molar-refractivity contribution in [3.05, 3.63) is 60.2 Å². The highest BCUT2D eigenvalue weighted by atomic mass is 32.2. The lowest BCUT2D eigenvalue weighted by atomic mass is 10.2. The Hall–Kier alpha value is -3.57. The molecule has 0 atom stereocenters. The van der Waals surface area contributed by atoms with Crippen LogP contribution in [0.4, 0.5) is 27.5 Å². The number of hydrogen-bond acceptors (Lipinski definition) is 8. The number of anilines is 3. The third-order valence-electron chi connectivity index (χ3n) is 5.99. The van der Waals surface area contributed by atoms with Crippen molar-refractivity contribution < 1.29 is 13.3 Å². The van der Waals surface area contributed by atoms with Crippen LogP contribution in [0, 0.1) is 5.82 Å². The average molecular weight is 524 g/mol. The SMILES string of the molecule is CCCc1c(F)c2cnc(Nc3ccc(N4CCOCC4)cc3)nc2n1-c1cccc(N=S(C)(C)=O)n1. The Morgan fingerprint density at radius 2 is 1.86 bits per heavy atom. The number of hydrogen-bond donors (Lipinski definition) is 1. The molecule has 1 saturated heterocycles. The fourth-order valence-electron chi connectivity index (χ4n) is 4.36. The molecule has 3 aromatic heterocycles. The van der Waals surface area contributed by atoms with Crippen molar-refractivity contribution >= 4 is 43.9 Å². The van der Waals surface area contributed by atoms with Crippen molar-refractivity contribution in [3.63, 3.8) is 0 Å². The van der Waals surface area contributed by atoms with E-state index in [9.17, 15) is 4.21 Å². The van der Waals surface area contributed by atoms with Crippen LogP contribution in [-0.2, 0) is 20.9 Å². The summed E-state index contributed by atoms with van der Waals surface area (Å²) in [7, 11) is -2.40. The van der Waals surface area contributed by atoms with Crippen molar-refractivity contribution in [2.24, 2.45) is 4.36 Å². The van der Waals surface area contributed by atoms with Crippen LogP contribution in [0.5, 0.6) is 0 Å². The Labute approximate surface area is 215 Å². The Morgan fingerprint density at radius 1 is 1.11 bits per heavy atom. The van der Waals surface area contributed by atoms with Crippen LogP contribution in [0.15, 0.2) is 53.0 Å². The van der Waals surface area contributed by atoms with Gasteiger partial charge >= 0.3 is 0 Å². The number of aromatic nitrogens is 4. The topological polar surface area (TPSA) is 97.5 Å². The van der Waals surface area contributed by atoms with Gasteiger partial charge < -0.3 is 15.0 Å². The summed E-state index contributed by atoms with van der Waals surface area (Å²) in [6, 6.07) is 13.3. The number of pyridine rings is 1. The van der Waals surface area contributed by atoms with Gasteiger partial charge in [-0.3, -0.25) is 4.57 Å². The fraction of sp³-hybridized carbons (Fsp3) is 0.346. The van der Waals surface area contributed by atoms with Gasteiger partial charge in [-0.25, -0.2) is 18.6 Å². The maximum atomic E-state index is 15.5. The molecule has 1 aromatic carbocycles. The summed E-state index contributed by atoms with van der Waals surface area (Å²) >= 11 is 0. The van der Waals surface area contributed by atoms with E-state index in [1.165, 1.54) is 6.20 Å². The Kier molecular flexibility index (Phi) is 7.07. The van der Waals surface area contributed by atoms with Gasteiger partial charge in [0.05, 0.1) is 24.3 Å². The quantitative estimate of drug-likeness (QED) is 0.370. The van der Waals surface area contributed by atoms with E-state index in [0.29, 0.717) is 40.7 Å². The second kappa shape index (κ2) is 10.4. The zero-order valence-electron chi connectivity index (χ0n) is 21.1. The van der Waals surface area contributed by atoms with Gasteiger partial charge in [0.1, 0.15) is 5.82 Å². The van der Waals surface area contributed by atoms with Crippen LogP contribution in [0.2, 0.25) is 0 Å². The van der Waals surface area contributed by atoms with E-state index < -0.39 is 9.73 Å². The molecule has 11 heteroatoms. The first kappa shape index (κ1) is 25.1. The smallest absolute Gasteiger partial charge is 0.229 e. The van der Waals surface area contributed by atoms with Gasteiger partial charge in [-0.1, -0.05) is 19.4 Å². The highest BCUT2D eigenvalue weighted by Crippen LogP contribution is 2.29. The maximum absolute atomic E-state index is 15.5. The van der Waals surface area contributed by atoms with Crippen molar-refractivity contribution in [2.45, 2.75) is 19.8 Å². The Morgan fingerprint density at radius 3 is 2.57 bits per heavy atom. The van der Waals surface area contributed by atoms with E-state index >= 15 is 4.39 Å². The number of benzene rings is 1. The van der Waals surface area contributed by atoms with Gasteiger partial charge in [0.2, 0.25) is 5.95 Å².